The molecule has 5 nitrogen and oxygen atoms in total. The van der Waals surface area contributed by atoms with Gasteiger partial charge in [-0.3, -0.25) is 4.98 Å². The second-order valence-corrected chi connectivity index (χ2v) is 8.30. The van der Waals surface area contributed by atoms with Gasteiger partial charge in [-0.1, -0.05) is 25.4 Å². The zero-order valence-electron chi connectivity index (χ0n) is 18.2. The van der Waals surface area contributed by atoms with E-state index in [0.717, 1.165) is 17.7 Å². The predicted molar refractivity (Wildman–Crippen MR) is 116 cm³/mol. The first kappa shape index (κ1) is 23.9. The number of nitrogens with zero attached hydrogens (tertiary/aromatic N) is 2. The summed E-state index contributed by atoms with van der Waals surface area (Å²) in [4.78, 5) is 18.4. The van der Waals surface area contributed by atoms with Gasteiger partial charge in [-0.15, -0.1) is 0 Å². The van der Waals surface area contributed by atoms with Gasteiger partial charge in [-0.2, -0.15) is 0 Å². The van der Waals surface area contributed by atoms with Crippen LogP contribution < -0.4 is 4.74 Å². The minimum Gasteiger partial charge on any atom is -0.486 e. The van der Waals surface area contributed by atoms with Gasteiger partial charge in [0, 0.05) is 35.9 Å². The first-order chi connectivity index (χ1) is 14.2. The number of likely N-dealkylation sites (tertiary alicyclic amines) is 1. The van der Waals surface area contributed by atoms with Gasteiger partial charge in [0.2, 0.25) is 0 Å². The van der Waals surface area contributed by atoms with Crippen molar-refractivity contribution in [2.45, 2.75) is 59.2 Å². The summed E-state index contributed by atoms with van der Waals surface area (Å²) in [6.07, 6.45) is 2.23. The SMILES string of the molecule is CC.CC(C)(C)OC(=O)N1CCC(c2cc(COc3ccc(Cl)cc3F)ccn2)C1. The summed E-state index contributed by atoms with van der Waals surface area (Å²) in [5, 5.41) is 0.326. The molecule has 1 aliphatic heterocycles. The summed E-state index contributed by atoms with van der Waals surface area (Å²) in [6, 6.07) is 8.09. The molecule has 2 aromatic rings. The van der Waals surface area contributed by atoms with Gasteiger partial charge in [-0.05, 0) is 63.1 Å². The number of ether oxygens (including phenoxy) is 2. The molecular formula is C23H30ClFN2O3. The standard InChI is InChI=1S/C21H24ClFN2O3.C2H6/c1-21(2,3)28-20(26)25-9-7-15(12-25)18-10-14(6-8-24-18)13-27-19-5-4-16(22)11-17(19)23;1-2/h4-6,8,10-11,15H,7,9,12-13H2,1-3H3;1-2H3. The molecule has 0 radical (unpaired) electrons. The van der Waals surface area contributed by atoms with Crippen LogP contribution in [-0.4, -0.2) is 34.7 Å². The molecule has 0 saturated carbocycles. The fraction of sp³-hybridized carbons (Fsp3) is 0.478. The summed E-state index contributed by atoms with van der Waals surface area (Å²) < 4.78 is 24.8. The highest BCUT2D eigenvalue weighted by molar-refractivity contribution is 6.30. The molecule has 1 saturated heterocycles. The number of pyridine rings is 1. The number of carbonyl (C=O) groups is 1. The molecule has 3 rings (SSSR count). The maximum atomic E-state index is 13.8. The molecule has 0 bridgehead atoms. The lowest BCUT2D eigenvalue weighted by molar-refractivity contribution is 0.0292. The minimum absolute atomic E-state index is 0.139. The zero-order chi connectivity index (χ0) is 22.3. The second-order valence-electron chi connectivity index (χ2n) is 7.86. The van der Waals surface area contributed by atoms with E-state index in [4.69, 9.17) is 21.1 Å². The molecule has 1 aromatic heterocycles. The van der Waals surface area contributed by atoms with Crippen LogP contribution in [0.4, 0.5) is 9.18 Å². The second kappa shape index (κ2) is 10.6. The third-order valence-electron chi connectivity index (χ3n) is 4.39. The van der Waals surface area contributed by atoms with Gasteiger partial charge in [0.25, 0.3) is 0 Å². The number of aromatic nitrogens is 1. The average molecular weight is 437 g/mol. The van der Waals surface area contributed by atoms with E-state index in [-0.39, 0.29) is 24.4 Å². The smallest absolute Gasteiger partial charge is 0.410 e. The number of hydrogen-bond donors (Lipinski definition) is 0. The largest absolute Gasteiger partial charge is 0.486 e. The van der Waals surface area contributed by atoms with Gasteiger partial charge in [0.1, 0.15) is 12.2 Å². The maximum absolute atomic E-state index is 13.8. The molecule has 164 valence electrons. The van der Waals surface area contributed by atoms with E-state index in [1.807, 2.05) is 46.8 Å². The topological polar surface area (TPSA) is 51.7 Å². The summed E-state index contributed by atoms with van der Waals surface area (Å²) in [6.45, 7) is 11.0. The number of benzene rings is 1. The summed E-state index contributed by atoms with van der Waals surface area (Å²) >= 11 is 5.76. The van der Waals surface area contributed by atoms with E-state index in [1.54, 1.807) is 17.2 Å². The van der Waals surface area contributed by atoms with E-state index < -0.39 is 11.4 Å². The third-order valence-corrected chi connectivity index (χ3v) is 4.63. The molecule has 0 aliphatic carbocycles. The van der Waals surface area contributed by atoms with E-state index in [1.165, 1.54) is 12.1 Å². The van der Waals surface area contributed by atoms with E-state index in [9.17, 15) is 9.18 Å². The summed E-state index contributed by atoms with van der Waals surface area (Å²) in [7, 11) is 0. The Labute approximate surface area is 183 Å². The van der Waals surface area contributed by atoms with Crippen LogP contribution in [0.25, 0.3) is 0 Å². The van der Waals surface area contributed by atoms with Crippen LogP contribution in [0, 0.1) is 5.82 Å². The Hall–Kier alpha value is -2.34. The van der Waals surface area contributed by atoms with Crippen LogP contribution in [0.3, 0.4) is 0 Å². The number of hydrogen-bond acceptors (Lipinski definition) is 4. The van der Waals surface area contributed by atoms with Gasteiger partial charge >= 0.3 is 6.09 Å². The molecule has 1 amide bonds. The molecule has 1 fully saturated rings. The quantitative estimate of drug-likeness (QED) is 0.572. The fourth-order valence-electron chi connectivity index (χ4n) is 3.05. The molecule has 0 spiro atoms. The predicted octanol–water partition coefficient (Wildman–Crippen LogP) is 6.20. The highest BCUT2D eigenvalue weighted by Crippen LogP contribution is 2.28. The van der Waals surface area contributed by atoms with Crippen LogP contribution in [0.2, 0.25) is 5.02 Å². The Morgan fingerprint density at radius 3 is 2.67 bits per heavy atom. The third kappa shape index (κ3) is 6.87. The highest BCUT2D eigenvalue weighted by atomic mass is 35.5. The number of rotatable bonds is 4. The van der Waals surface area contributed by atoms with Crippen molar-refractivity contribution >= 4 is 17.7 Å². The van der Waals surface area contributed by atoms with Crippen molar-refractivity contribution < 1.29 is 18.7 Å². The van der Waals surface area contributed by atoms with Crippen molar-refractivity contribution in [3.8, 4) is 5.75 Å². The molecule has 0 N–H and O–H groups in total. The molecule has 7 heteroatoms. The van der Waals surface area contributed by atoms with Gasteiger partial charge < -0.3 is 14.4 Å². The van der Waals surface area contributed by atoms with Crippen LogP contribution in [-0.2, 0) is 11.3 Å². The lowest BCUT2D eigenvalue weighted by atomic mass is 10.0. The van der Waals surface area contributed by atoms with Crippen LogP contribution in [0.15, 0.2) is 36.5 Å². The highest BCUT2D eigenvalue weighted by Gasteiger charge is 2.31. The lowest BCUT2D eigenvalue weighted by Crippen LogP contribution is -2.35. The molecule has 1 atom stereocenters. The lowest BCUT2D eigenvalue weighted by Gasteiger charge is -2.24. The monoisotopic (exact) mass is 436 g/mol. The Balaban J connectivity index is 0.00000155. The van der Waals surface area contributed by atoms with Gasteiger partial charge in [-0.25, -0.2) is 9.18 Å². The molecule has 1 aliphatic rings. The van der Waals surface area contributed by atoms with Gasteiger partial charge in [0.05, 0.1) is 0 Å². The van der Waals surface area contributed by atoms with E-state index in [2.05, 4.69) is 4.98 Å². The van der Waals surface area contributed by atoms with Crippen LogP contribution in [0.5, 0.6) is 5.75 Å². The Morgan fingerprint density at radius 1 is 1.27 bits per heavy atom. The maximum Gasteiger partial charge on any atom is 0.410 e. The first-order valence-corrected chi connectivity index (χ1v) is 10.6. The van der Waals surface area contributed by atoms with Crippen molar-refractivity contribution in [3.05, 3.63) is 58.6 Å². The Morgan fingerprint density at radius 2 is 2.00 bits per heavy atom. The Kier molecular flexibility index (Phi) is 8.47. The number of amides is 1. The molecule has 2 heterocycles. The van der Waals surface area contributed by atoms with E-state index in [0.29, 0.717) is 18.1 Å². The molecule has 1 unspecified atom stereocenters. The van der Waals surface area contributed by atoms with Crippen molar-refractivity contribution in [1.82, 2.24) is 9.88 Å². The van der Waals surface area contributed by atoms with Crippen molar-refractivity contribution in [2.75, 3.05) is 13.1 Å². The van der Waals surface area contributed by atoms with Gasteiger partial charge in [0.15, 0.2) is 11.6 Å². The first-order valence-electron chi connectivity index (χ1n) is 10.2. The average Bonchev–Trinajstić information content (AvgIpc) is 3.18. The van der Waals surface area contributed by atoms with Crippen molar-refractivity contribution in [3.63, 3.8) is 0 Å². The molecule has 30 heavy (non-hydrogen) atoms. The van der Waals surface area contributed by atoms with E-state index >= 15 is 0 Å². The molecule has 1 aromatic carbocycles. The Bertz CT molecular complexity index is 855. The van der Waals surface area contributed by atoms with Crippen molar-refractivity contribution in [1.29, 1.82) is 0 Å². The van der Waals surface area contributed by atoms with Crippen LogP contribution in [0.1, 0.15) is 58.2 Å². The summed E-state index contributed by atoms with van der Waals surface area (Å²) in [5.41, 5.74) is 1.26. The number of halogens is 2. The minimum atomic E-state index is -0.512. The fourth-order valence-corrected chi connectivity index (χ4v) is 3.21. The zero-order valence-corrected chi connectivity index (χ0v) is 19.0. The number of carbonyl (C=O) groups excluding carboxylic acids is 1. The normalized spacial score (nSPS) is 16.0. The van der Waals surface area contributed by atoms with Crippen LogP contribution >= 0.6 is 11.6 Å². The van der Waals surface area contributed by atoms with Crippen molar-refractivity contribution in [2.24, 2.45) is 0 Å². The summed E-state index contributed by atoms with van der Waals surface area (Å²) in [5.74, 6) is -0.204. The molecular weight excluding hydrogens is 407 g/mol.